The number of unbranched alkanes of at least 4 members (excludes halogenated alkanes) is 24. The Kier molecular flexibility index (Phi) is 31.8. The number of hydrogen-bond acceptors (Lipinski definition) is 3. The van der Waals surface area contributed by atoms with Crippen molar-refractivity contribution in [2.75, 3.05) is 26.2 Å². The third kappa shape index (κ3) is 31.9. The zero-order valence-corrected chi connectivity index (χ0v) is 22.9. The smallest absolute Gasteiger partial charge is 0.00489 e. The lowest BCUT2D eigenvalue weighted by molar-refractivity contribution is 0.518. The molecular formula is C30H65N3. The molecule has 0 saturated heterocycles. The van der Waals surface area contributed by atoms with E-state index in [0.717, 1.165) is 13.1 Å². The van der Waals surface area contributed by atoms with Gasteiger partial charge in [-0.15, -0.1) is 0 Å². The molecule has 0 aromatic carbocycles. The molecule has 0 aromatic heterocycles. The van der Waals surface area contributed by atoms with Crippen molar-refractivity contribution >= 4 is 0 Å². The van der Waals surface area contributed by atoms with Crippen LogP contribution in [0, 0.1) is 0 Å². The predicted molar refractivity (Wildman–Crippen MR) is 151 cm³/mol. The Hall–Kier alpha value is -0.120. The lowest BCUT2D eigenvalue weighted by Crippen LogP contribution is -2.16. The van der Waals surface area contributed by atoms with E-state index in [0.29, 0.717) is 0 Å². The van der Waals surface area contributed by atoms with Crippen LogP contribution >= 0.6 is 0 Å². The summed E-state index contributed by atoms with van der Waals surface area (Å²) < 4.78 is 0. The highest BCUT2D eigenvalue weighted by Crippen LogP contribution is 2.13. The lowest BCUT2D eigenvalue weighted by atomic mass is 10.0. The quantitative estimate of drug-likeness (QED) is 0.0926. The molecule has 0 aliphatic rings. The summed E-state index contributed by atoms with van der Waals surface area (Å²) in [6, 6.07) is 0. The summed E-state index contributed by atoms with van der Waals surface area (Å²) in [5.74, 6) is 0. The van der Waals surface area contributed by atoms with Crippen molar-refractivity contribution in [3.8, 4) is 0 Å². The van der Waals surface area contributed by atoms with Gasteiger partial charge in [-0.1, -0.05) is 141 Å². The van der Waals surface area contributed by atoms with Gasteiger partial charge in [0.2, 0.25) is 0 Å². The van der Waals surface area contributed by atoms with Crippen LogP contribution in [0.15, 0.2) is 0 Å². The Bertz CT molecular complexity index is 292. The van der Waals surface area contributed by atoms with Crippen LogP contribution in [0.2, 0.25) is 0 Å². The molecule has 0 atom stereocenters. The molecule has 3 heteroatoms. The van der Waals surface area contributed by atoms with E-state index in [-0.39, 0.29) is 0 Å². The van der Waals surface area contributed by atoms with Crippen LogP contribution in [0.1, 0.15) is 167 Å². The van der Waals surface area contributed by atoms with Crippen molar-refractivity contribution in [1.82, 2.24) is 5.32 Å². The van der Waals surface area contributed by atoms with Gasteiger partial charge in [0.05, 0.1) is 0 Å². The fourth-order valence-electron chi connectivity index (χ4n) is 4.80. The molecule has 0 aliphatic heterocycles. The number of rotatable bonds is 30. The van der Waals surface area contributed by atoms with Crippen molar-refractivity contribution in [1.29, 1.82) is 0 Å². The van der Waals surface area contributed by atoms with Crippen molar-refractivity contribution in [2.24, 2.45) is 11.5 Å². The molecular weight excluding hydrogens is 402 g/mol. The first-order valence-corrected chi connectivity index (χ1v) is 15.5. The zero-order chi connectivity index (χ0) is 23.9. The van der Waals surface area contributed by atoms with E-state index in [9.17, 15) is 0 Å². The monoisotopic (exact) mass is 468 g/mol. The fourth-order valence-corrected chi connectivity index (χ4v) is 4.80. The Morgan fingerprint density at radius 2 is 0.424 bits per heavy atom. The van der Waals surface area contributed by atoms with Crippen molar-refractivity contribution in [3.63, 3.8) is 0 Å². The van der Waals surface area contributed by atoms with Crippen molar-refractivity contribution in [2.45, 2.75) is 167 Å². The minimum atomic E-state index is 0.869. The Morgan fingerprint density at radius 3 is 0.636 bits per heavy atom. The van der Waals surface area contributed by atoms with Crippen LogP contribution < -0.4 is 16.8 Å². The van der Waals surface area contributed by atoms with E-state index in [1.807, 2.05) is 0 Å². The molecule has 0 saturated carbocycles. The molecule has 0 heterocycles. The summed E-state index contributed by atoms with van der Waals surface area (Å²) in [4.78, 5) is 0. The molecule has 0 aliphatic carbocycles. The van der Waals surface area contributed by atoms with Crippen LogP contribution in [-0.4, -0.2) is 26.2 Å². The molecule has 0 unspecified atom stereocenters. The summed E-state index contributed by atoms with van der Waals surface area (Å²) in [7, 11) is 0. The highest BCUT2D eigenvalue weighted by Gasteiger charge is 1.96. The lowest BCUT2D eigenvalue weighted by Gasteiger charge is -2.06. The van der Waals surface area contributed by atoms with Gasteiger partial charge in [0.25, 0.3) is 0 Å². The number of nitrogens with one attached hydrogen (secondary N) is 1. The summed E-state index contributed by atoms with van der Waals surface area (Å²) in [5.41, 5.74) is 11.1. The fraction of sp³-hybridized carbons (Fsp3) is 1.00. The van der Waals surface area contributed by atoms with Gasteiger partial charge in [-0.2, -0.15) is 0 Å². The molecule has 0 spiro atoms. The zero-order valence-electron chi connectivity index (χ0n) is 22.9. The maximum atomic E-state index is 5.53. The first-order valence-electron chi connectivity index (χ1n) is 15.5. The molecule has 0 rings (SSSR count). The normalized spacial score (nSPS) is 11.5. The van der Waals surface area contributed by atoms with E-state index in [1.54, 1.807) is 0 Å². The molecule has 0 radical (unpaired) electrons. The maximum Gasteiger partial charge on any atom is -0.00489 e. The number of hydrogen-bond donors (Lipinski definition) is 3. The first kappa shape index (κ1) is 32.9. The predicted octanol–water partition coefficient (Wildman–Crippen LogP) is 8.64. The molecule has 0 amide bonds. The van der Waals surface area contributed by atoms with Gasteiger partial charge in [-0.05, 0) is 51.9 Å². The molecule has 33 heavy (non-hydrogen) atoms. The Labute approximate surface area is 210 Å². The molecule has 0 bridgehead atoms. The van der Waals surface area contributed by atoms with Gasteiger partial charge < -0.3 is 16.8 Å². The van der Waals surface area contributed by atoms with Gasteiger partial charge in [0, 0.05) is 0 Å². The summed E-state index contributed by atoms with van der Waals surface area (Å²) in [6.45, 7) is 4.20. The molecule has 200 valence electrons. The maximum absolute atomic E-state index is 5.53. The van der Waals surface area contributed by atoms with Crippen LogP contribution in [0.25, 0.3) is 0 Å². The van der Waals surface area contributed by atoms with Crippen LogP contribution in [0.5, 0.6) is 0 Å². The van der Waals surface area contributed by atoms with Gasteiger partial charge >= 0.3 is 0 Å². The molecule has 0 fully saturated rings. The van der Waals surface area contributed by atoms with Gasteiger partial charge in [0.1, 0.15) is 0 Å². The minimum absolute atomic E-state index is 0.869. The van der Waals surface area contributed by atoms with Gasteiger partial charge in [0.15, 0.2) is 0 Å². The second-order valence-electron chi connectivity index (χ2n) is 10.5. The van der Waals surface area contributed by atoms with E-state index in [4.69, 9.17) is 11.5 Å². The summed E-state index contributed by atoms with van der Waals surface area (Å²) in [6.07, 6.45) is 36.6. The van der Waals surface area contributed by atoms with E-state index < -0.39 is 0 Å². The van der Waals surface area contributed by atoms with Gasteiger partial charge in [-0.3, -0.25) is 0 Å². The Balaban J connectivity index is 2.99. The molecule has 3 nitrogen and oxygen atoms in total. The SMILES string of the molecule is NCCCCCCCCCCCCCCCNCCCCCCCCCCCCCCCN. The second-order valence-corrected chi connectivity index (χ2v) is 10.5. The van der Waals surface area contributed by atoms with Crippen molar-refractivity contribution in [3.05, 3.63) is 0 Å². The van der Waals surface area contributed by atoms with E-state index in [1.165, 1.54) is 180 Å². The summed E-state index contributed by atoms with van der Waals surface area (Å²) in [5, 5.41) is 3.66. The number of nitrogens with two attached hydrogens (primary N) is 2. The molecule has 5 N–H and O–H groups in total. The van der Waals surface area contributed by atoms with Crippen LogP contribution in [0.4, 0.5) is 0 Å². The topological polar surface area (TPSA) is 64.1 Å². The Morgan fingerprint density at radius 1 is 0.242 bits per heavy atom. The standard InChI is InChI=1S/C30H65N3/c31-27-23-19-15-11-7-3-1-5-9-13-17-21-25-29-33-30-26-22-18-14-10-6-2-4-8-12-16-20-24-28-32/h33H,1-32H2. The second kappa shape index (κ2) is 31.9. The van der Waals surface area contributed by atoms with E-state index in [2.05, 4.69) is 5.32 Å². The molecule has 0 aromatic rings. The average molecular weight is 468 g/mol. The highest BCUT2D eigenvalue weighted by atomic mass is 14.8. The van der Waals surface area contributed by atoms with E-state index >= 15 is 0 Å². The summed E-state index contributed by atoms with van der Waals surface area (Å²) >= 11 is 0. The average Bonchev–Trinajstić information content (AvgIpc) is 2.83. The van der Waals surface area contributed by atoms with Crippen molar-refractivity contribution < 1.29 is 0 Å². The third-order valence-electron chi connectivity index (χ3n) is 7.12. The van der Waals surface area contributed by atoms with Crippen LogP contribution in [-0.2, 0) is 0 Å². The minimum Gasteiger partial charge on any atom is -0.330 e. The largest absolute Gasteiger partial charge is 0.330 e. The van der Waals surface area contributed by atoms with Crippen LogP contribution in [0.3, 0.4) is 0 Å². The van der Waals surface area contributed by atoms with Gasteiger partial charge in [-0.25, -0.2) is 0 Å². The first-order chi connectivity index (χ1) is 16.4. The third-order valence-corrected chi connectivity index (χ3v) is 7.12. The highest BCUT2D eigenvalue weighted by molar-refractivity contribution is 4.54.